The van der Waals surface area contributed by atoms with E-state index in [0.717, 1.165) is 21.4 Å². The average molecular weight is 360 g/mol. The summed E-state index contributed by atoms with van der Waals surface area (Å²) < 4.78 is 7.81. The number of methoxy groups -OCH3 is 1. The van der Waals surface area contributed by atoms with Crippen molar-refractivity contribution in [2.45, 2.75) is 19.4 Å². The van der Waals surface area contributed by atoms with Gasteiger partial charge in [-0.25, -0.2) is 0 Å². The van der Waals surface area contributed by atoms with E-state index in [4.69, 9.17) is 16.3 Å². The fourth-order valence-corrected chi connectivity index (χ4v) is 2.86. The van der Waals surface area contributed by atoms with Crippen molar-refractivity contribution < 1.29 is 9.84 Å². The molecule has 0 saturated heterocycles. The van der Waals surface area contributed by atoms with Crippen molar-refractivity contribution in [3.8, 4) is 5.75 Å². The van der Waals surface area contributed by atoms with Crippen molar-refractivity contribution in [2.24, 2.45) is 7.05 Å². The van der Waals surface area contributed by atoms with E-state index in [1.165, 1.54) is 0 Å². The molecule has 0 saturated carbocycles. The third-order valence-electron chi connectivity index (χ3n) is 3.21. The Hall–Kier alpha value is -1.04. The molecule has 0 bridgehead atoms. The van der Waals surface area contributed by atoms with Crippen molar-refractivity contribution in [3.05, 3.63) is 44.6 Å². The van der Waals surface area contributed by atoms with Gasteiger partial charge in [0.2, 0.25) is 0 Å². The maximum Gasteiger partial charge on any atom is 0.137 e. The highest BCUT2D eigenvalue weighted by Crippen LogP contribution is 2.30. The third kappa shape index (κ3) is 3.00. The van der Waals surface area contributed by atoms with Crippen molar-refractivity contribution in [3.63, 3.8) is 0 Å². The van der Waals surface area contributed by atoms with Gasteiger partial charge >= 0.3 is 0 Å². The lowest BCUT2D eigenvalue weighted by molar-refractivity contribution is 0.175. The zero-order chi connectivity index (χ0) is 14.9. The number of hydrogen-bond acceptors (Lipinski definition) is 3. The molecule has 6 heteroatoms. The van der Waals surface area contributed by atoms with Crippen LogP contribution in [0.1, 0.15) is 23.1 Å². The quantitative estimate of drug-likeness (QED) is 0.910. The second-order valence-corrected chi connectivity index (χ2v) is 5.78. The van der Waals surface area contributed by atoms with Crippen molar-refractivity contribution >= 4 is 27.5 Å². The van der Waals surface area contributed by atoms with Gasteiger partial charge in [-0.15, -0.1) is 0 Å². The molecule has 1 unspecified atom stereocenters. The summed E-state index contributed by atoms with van der Waals surface area (Å²) in [4.78, 5) is 0. The molecular formula is C14H16BrClN2O2. The first-order valence-corrected chi connectivity index (χ1v) is 7.30. The van der Waals surface area contributed by atoms with Gasteiger partial charge in [-0.1, -0.05) is 17.7 Å². The Morgan fingerprint density at radius 3 is 2.70 bits per heavy atom. The number of halogens is 2. The molecule has 1 aromatic carbocycles. The van der Waals surface area contributed by atoms with E-state index in [9.17, 15) is 5.11 Å². The first-order chi connectivity index (χ1) is 9.43. The Bertz CT molecular complexity index is 628. The van der Waals surface area contributed by atoms with Gasteiger partial charge in [0, 0.05) is 13.5 Å². The number of rotatable bonds is 4. The molecule has 20 heavy (non-hydrogen) atoms. The number of benzene rings is 1. The highest BCUT2D eigenvalue weighted by molar-refractivity contribution is 9.10. The number of aliphatic hydroxyl groups excluding tert-OH is 1. The Morgan fingerprint density at radius 2 is 2.20 bits per heavy atom. The van der Waals surface area contributed by atoms with E-state index in [-0.39, 0.29) is 0 Å². The summed E-state index contributed by atoms with van der Waals surface area (Å²) in [5, 5.41) is 15.2. The zero-order valence-corrected chi connectivity index (χ0v) is 13.9. The normalized spacial score (nSPS) is 12.5. The summed E-state index contributed by atoms with van der Waals surface area (Å²) in [6.45, 7) is 1.92. The Kier molecular flexibility index (Phi) is 4.73. The molecule has 0 amide bonds. The van der Waals surface area contributed by atoms with Crippen LogP contribution in [0.3, 0.4) is 0 Å². The Labute approximate surface area is 131 Å². The highest BCUT2D eigenvalue weighted by Gasteiger charge is 2.17. The van der Waals surface area contributed by atoms with E-state index in [0.29, 0.717) is 17.2 Å². The summed E-state index contributed by atoms with van der Waals surface area (Å²) >= 11 is 9.58. The summed E-state index contributed by atoms with van der Waals surface area (Å²) in [6, 6.07) is 5.29. The first kappa shape index (κ1) is 15.4. The summed E-state index contributed by atoms with van der Waals surface area (Å²) in [5.41, 5.74) is 2.60. The molecular weight excluding hydrogens is 344 g/mol. The molecule has 108 valence electrons. The molecule has 0 aliphatic heterocycles. The minimum Gasteiger partial charge on any atom is -0.495 e. The second-order valence-electron chi connectivity index (χ2n) is 4.58. The Morgan fingerprint density at radius 1 is 1.50 bits per heavy atom. The molecule has 2 rings (SSSR count). The number of nitrogens with zero attached hydrogens (tertiary/aromatic N) is 2. The van der Waals surface area contributed by atoms with Gasteiger partial charge in [0.05, 0.1) is 34.1 Å². The summed E-state index contributed by atoms with van der Waals surface area (Å²) in [5.74, 6) is 0.597. The monoisotopic (exact) mass is 358 g/mol. The van der Waals surface area contributed by atoms with Crippen molar-refractivity contribution in [2.75, 3.05) is 7.11 Å². The van der Waals surface area contributed by atoms with Crippen LogP contribution in [0.25, 0.3) is 0 Å². The van der Waals surface area contributed by atoms with E-state index in [2.05, 4.69) is 21.0 Å². The summed E-state index contributed by atoms with van der Waals surface area (Å²) in [6.07, 6.45) is -0.190. The molecule has 0 aliphatic carbocycles. The lowest BCUT2D eigenvalue weighted by atomic mass is 10.0. The van der Waals surface area contributed by atoms with Crippen LogP contribution in [0.2, 0.25) is 5.02 Å². The van der Waals surface area contributed by atoms with Crippen LogP contribution in [0, 0.1) is 6.92 Å². The van der Waals surface area contributed by atoms with Gasteiger partial charge in [-0.3, -0.25) is 4.68 Å². The number of hydrogen-bond donors (Lipinski definition) is 1. The molecule has 2 aromatic rings. The van der Waals surface area contributed by atoms with Crippen LogP contribution < -0.4 is 4.74 Å². The number of aromatic nitrogens is 2. The lowest BCUT2D eigenvalue weighted by Gasteiger charge is -2.13. The molecule has 0 aliphatic rings. The van der Waals surface area contributed by atoms with Crippen molar-refractivity contribution in [1.29, 1.82) is 0 Å². The van der Waals surface area contributed by atoms with E-state index >= 15 is 0 Å². The number of ether oxygens (including phenoxy) is 1. The maximum absolute atomic E-state index is 10.4. The van der Waals surface area contributed by atoms with Gasteiger partial charge in [0.25, 0.3) is 0 Å². The van der Waals surface area contributed by atoms with Gasteiger partial charge in [-0.2, -0.15) is 5.10 Å². The Balaban J connectivity index is 2.23. The number of aryl methyl sites for hydroxylation is 2. The van der Waals surface area contributed by atoms with Crippen LogP contribution in [0.15, 0.2) is 22.7 Å². The molecule has 1 heterocycles. The van der Waals surface area contributed by atoms with E-state index < -0.39 is 6.10 Å². The minimum atomic E-state index is -0.649. The molecule has 1 atom stereocenters. The molecule has 1 aromatic heterocycles. The van der Waals surface area contributed by atoms with Gasteiger partial charge in [0.15, 0.2) is 0 Å². The van der Waals surface area contributed by atoms with Crippen LogP contribution in [0.4, 0.5) is 0 Å². The molecule has 0 fully saturated rings. The minimum absolute atomic E-state index is 0.459. The molecule has 0 spiro atoms. The van der Waals surface area contributed by atoms with Crippen LogP contribution >= 0.6 is 27.5 Å². The molecule has 0 radical (unpaired) electrons. The average Bonchev–Trinajstić information content (AvgIpc) is 2.65. The topological polar surface area (TPSA) is 47.3 Å². The van der Waals surface area contributed by atoms with E-state index in [1.807, 2.05) is 20.0 Å². The molecule has 4 nitrogen and oxygen atoms in total. The van der Waals surface area contributed by atoms with E-state index in [1.54, 1.807) is 23.9 Å². The first-order valence-electron chi connectivity index (χ1n) is 6.13. The zero-order valence-electron chi connectivity index (χ0n) is 11.5. The van der Waals surface area contributed by atoms with Gasteiger partial charge in [-0.05, 0) is 40.5 Å². The van der Waals surface area contributed by atoms with Crippen LogP contribution in [-0.4, -0.2) is 22.0 Å². The lowest BCUT2D eigenvalue weighted by Crippen LogP contribution is -2.07. The van der Waals surface area contributed by atoms with Crippen LogP contribution in [0.5, 0.6) is 5.75 Å². The van der Waals surface area contributed by atoms with Crippen molar-refractivity contribution in [1.82, 2.24) is 9.78 Å². The van der Waals surface area contributed by atoms with Gasteiger partial charge in [0.1, 0.15) is 5.75 Å². The standard InChI is InChI=1S/C14H16BrClN2O2/c1-8-14(15)11(18(2)17-8)7-12(19)9-4-5-13(20-3)10(16)6-9/h4-6,12,19H,7H2,1-3H3. The maximum atomic E-state index is 10.4. The predicted molar refractivity (Wildman–Crippen MR) is 82.3 cm³/mol. The highest BCUT2D eigenvalue weighted by atomic mass is 79.9. The smallest absolute Gasteiger partial charge is 0.137 e. The number of aliphatic hydroxyl groups is 1. The molecule has 1 N–H and O–H groups in total. The summed E-state index contributed by atoms with van der Waals surface area (Å²) in [7, 11) is 3.42. The largest absolute Gasteiger partial charge is 0.495 e. The SMILES string of the molecule is COc1ccc(C(O)Cc2c(Br)c(C)nn2C)cc1Cl. The fraction of sp³-hybridized carbons (Fsp3) is 0.357. The third-order valence-corrected chi connectivity index (χ3v) is 4.54. The fourth-order valence-electron chi connectivity index (χ4n) is 2.09. The predicted octanol–water partition coefficient (Wildman–Crippen LogP) is 3.43. The second kappa shape index (κ2) is 6.16. The van der Waals surface area contributed by atoms with Crippen LogP contribution in [-0.2, 0) is 13.5 Å². The van der Waals surface area contributed by atoms with Gasteiger partial charge < -0.3 is 9.84 Å².